The molecule has 0 bridgehead atoms. The fourth-order valence-electron chi connectivity index (χ4n) is 7.96. The molecule has 10 aromatic rings. The maximum absolute atomic E-state index is 4.37. The summed E-state index contributed by atoms with van der Waals surface area (Å²) < 4.78 is 4.02. The SMILES string of the molecule is C=Cc1c(-c2ccccc2C)sc2c1cc(-c1c3ccccc3c(-c3ccc4ccccc4c3)c3ccccc13)c1c3ccccc3sc21. The monoisotopic (exact) mass is 658 g/mol. The lowest BCUT2D eigenvalue weighted by molar-refractivity contribution is 1.48. The maximum Gasteiger partial charge on any atom is 0.0540 e. The lowest BCUT2D eigenvalue weighted by atomic mass is 9.84. The Kier molecular flexibility index (Phi) is 6.39. The number of benzene rings is 8. The highest BCUT2D eigenvalue weighted by Crippen LogP contribution is 2.53. The van der Waals surface area contributed by atoms with Gasteiger partial charge in [0.2, 0.25) is 0 Å². The standard InChI is InChI=1S/C47H30S2/c1-3-32-39-27-40(44-38-22-12-13-23-41(38)48-47(44)46(39)49-45(32)33-17-7-4-14-28(33)2)43-36-20-10-8-18-34(36)42(35-19-9-11-21-37(35)43)31-25-24-29-15-5-6-16-30(29)26-31/h3-27H,1H2,2H3. The number of rotatable bonds is 4. The van der Waals surface area contributed by atoms with Gasteiger partial charge in [-0.25, -0.2) is 0 Å². The van der Waals surface area contributed by atoms with Crippen LogP contribution in [0.5, 0.6) is 0 Å². The van der Waals surface area contributed by atoms with Crippen LogP contribution in [-0.4, -0.2) is 0 Å². The number of hydrogen-bond donors (Lipinski definition) is 0. The van der Waals surface area contributed by atoms with Crippen molar-refractivity contribution in [2.45, 2.75) is 6.92 Å². The van der Waals surface area contributed by atoms with Crippen molar-refractivity contribution in [3.8, 4) is 32.7 Å². The zero-order chi connectivity index (χ0) is 32.6. The summed E-state index contributed by atoms with van der Waals surface area (Å²) in [7, 11) is 0. The molecular weight excluding hydrogens is 629 g/mol. The van der Waals surface area contributed by atoms with Crippen LogP contribution in [0.4, 0.5) is 0 Å². The first-order valence-electron chi connectivity index (χ1n) is 16.7. The predicted molar refractivity (Wildman–Crippen MR) is 218 cm³/mol. The highest BCUT2D eigenvalue weighted by atomic mass is 32.1. The van der Waals surface area contributed by atoms with Gasteiger partial charge in [-0.05, 0) is 90.8 Å². The molecule has 0 N–H and O–H groups in total. The zero-order valence-corrected chi connectivity index (χ0v) is 28.6. The van der Waals surface area contributed by atoms with Gasteiger partial charge >= 0.3 is 0 Å². The molecule has 2 heteroatoms. The lowest BCUT2D eigenvalue weighted by Gasteiger charge is -2.19. The van der Waals surface area contributed by atoms with E-state index in [1.807, 2.05) is 22.7 Å². The highest BCUT2D eigenvalue weighted by Gasteiger charge is 2.24. The average Bonchev–Trinajstić information content (AvgIpc) is 3.72. The molecule has 230 valence electrons. The first-order valence-corrected chi connectivity index (χ1v) is 18.3. The highest BCUT2D eigenvalue weighted by molar-refractivity contribution is 7.32. The normalized spacial score (nSPS) is 11.9. The second-order valence-corrected chi connectivity index (χ2v) is 14.9. The molecule has 2 aromatic heterocycles. The van der Waals surface area contributed by atoms with Crippen molar-refractivity contribution >= 4 is 91.3 Å². The molecule has 0 amide bonds. The predicted octanol–water partition coefficient (Wildman–Crippen LogP) is 14.7. The van der Waals surface area contributed by atoms with Gasteiger partial charge in [-0.15, -0.1) is 22.7 Å². The molecule has 8 aromatic carbocycles. The Morgan fingerprint density at radius 3 is 1.82 bits per heavy atom. The Morgan fingerprint density at radius 1 is 0.490 bits per heavy atom. The van der Waals surface area contributed by atoms with Crippen LogP contribution in [0.15, 0.2) is 152 Å². The average molecular weight is 659 g/mol. The van der Waals surface area contributed by atoms with Crippen LogP contribution < -0.4 is 0 Å². The third kappa shape index (κ3) is 4.21. The number of hydrogen-bond acceptors (Lipinski definition) is 2. The minimum atomic E-state index is 1.22. The number of fused-ring (bicyclic) bond motifs is 8. The summed E-state index contributed by atoms with van der Waals surface area (Å²) in [6.07, 6.45) is 2.07. The molecule has 10 rings (SSSR count). The van der Waals surface area contributed by atoms with Crippen LogP contribution in [0.1, 0.15) is 11.1 Å². The minimum Gasteiger partial charge on any atom is -0.134 e. The van der Waals surface area contributed by atoms with Gasteiger partial charge < -0.3 is 0 Å². The Labute approximate surface area is 292 Å². The molecule has 0 saturated heterocycles. The van der Waals surface area contributed by atoms with Crippen molar-refractivity contribution in [2.24, 2.45) is 0 Å². The van der Waals surface area contributed by atoms with Crippen molar-refractivity contribution in [1.82, 2.24) is 0 Å². The molecule has 0 radical (unpaired) electrons. The second-order valence-electron chi connectivity index (χ2n) is 12.9. The van der Waals surface area contributed by atoms with E-state index in [1.54, 1.807) is 0 Å². The molecule has 0 aliphatic heterocycles. The third-order valence-corrected chi connectivity index (χ3v) is 12.8. The van der Waals surface area contributed by atoms with Gasteiger partial charge in [-0.1, -0.05) is 140 Å². The smallest absolute Gasteiger partial charge is 0.0540 e. The van der Waals surface area contributed by atoms with Crippen LogP contribution >= 0.6 is 22.7 Å². The minimum absolute atomic E-state index is 1.22. The van der Waals surface area contributed by atoms with E-state index < -0.39 is 0 Å². The van der Waals surface area contributed by atoms with Crippen LogP contribution in [0, 0.1) is 6.92 Å². The van der Waals surface area contributed by atoms with Crippen molar-refractivity contribution in [2.75, 3.05) is 0 Å². The van der Waals surface area contributed by atoms with E-state index in [-0.39, 0.29) is 0 Å². The molecule has 0 atom stereocenters. The van der Waals surface area contributed by atoms with Crippen molar-refractivity contribution < 1.29 is 0 Å². The molecule has 0 saturated carbocycles. The summed E-state index contributed by atoms with van der Waals surface area (Å²) in [4.78, 5) is 1.29. The molecule has 0 aliphatic carbocycles. The Morgan fingerprint density at radius 2 is 1.10 bits per heavy atom. The summed E-state index contributed by atoms with van der Waals surface area (Å²) in [5.41, 5.74) is 8.90. The zero-order valence-electron chi connectivity index (χ0n) is 27.0. The van der Waals surface area contributed by atoms with E-state index in [0.717, 1.165) is 0 Å². The van der Waals surface area contributed by atoms with E-state index in [2.05, 4.69) is 165 Å². The van der Waals surface area contributed by atoms with Gasteiger partial charge in [-0.2, -0.15) is 0 Å². The van der Waals surface area contributed by atoms with Gasteiger partial charge in [0.15, 0.2) is 0 Å². The van der Waals surface area contributed by atoms with E-state index in [4.69, 9.17) is 0 Å². The van der Waals surface area contributed by atoms with Crippen LogP contribution in [0.2, 0.25) is 0 Å². The molecular formula is C47H30S2. The van der Waals surface area contributed by atoms with Crippen molar-refractivity contribution in [3.63, 3.8) is 0 Å². The summed E-state index contributed by atoms with van der Waals surface area (Å²) >= 11 is 3.83. The maximum atomic E-state index is 4.37. The molecule has 0 fully saturated rings. The van der Waals surface area contributed by atoms with Gasteiger partial charge in [-0.3, -0.25) is 0 Å². The Balaban J connectivity index is 1.38. The van der Waals surface area contributed by atoms with Gasteiger partial charge in [0.1, 0.15) is 0 Å². The van der Waals surface area contributed by atoms with Gasteiger partial charge in [0.05, 0.1) is 9.40 Å². The first-order chi connectivity index (χ1) is 24.2. The Bertz CT molecular complexity index is 2910. The molecule has 0 nitrogen and oxygen atoms in total. The van der Waals surface area contributed by atoms with E-state index in [9.17, 15) is 0 Å². The first kappa shape index (κ1) is 28.5. The van der Waals surface area contributed by atoms with E-state index in [1.165, 1.54) is 106 Å². The van der Waals surface area contributed by atoms with E-state index >= 15 is 0 Å². The van der Waals surface area contributed by atoms with Crippen LogP contribution in [0.25, 0.3) is 101 Å². The van der Waals surface area contributed by atoms with Gasteiger partial charge in [0, 0.05) is 31.3 Å². The summed E-state index contributed by atoms with van der Waals surface area (Å²) in [6, 6.07) is 53.8. The molecule has 0 spiro atoms. The Hall–Kier alpha value is -5.54. The van der Waals surface area contributed by atoms with Gasteiger partial charge in [0.25, 0.3) is 0 Å². The lowest BCUT2D eigenvalue weighted by Crippen LogP contribution is -1.91. The molecule has 2 heterocycles. The molecule has 49 heavy (non-hydrogen) atoms. The van der Waals surface area contributed by atoms with Crippen molar-refractivity contribution in [3.05, 3.63) is 163 Å². The van der Waals surface area contributed by atoms with E-state index in [0.29, 0.717) is 0 Å². The quantitative estimate of drug-likeness (QED) is 0.165. The fraction of sp³-hybridized carbons (Fsp3) is 0.0213. The number of thiophene rings is 2. The van der Waals surface area contributed by atoms with Crippen molar-refractivity contribution in [1.29, 1.82) is 0 Å². The van der Waals surface area contributed by atoms with Crippen LogP contribution in [0.3, 0.4) is 0 Å². The second kappa shape index (κ2) is 11.0. The number of aryl methyl sites for hydroxylation is 1. The van der Waals surface area contributed by atoms with Crippen LogP contribution in [-0.2, 0) is 0 Å². The summed E-state index contributed by atoms with van der Waals surface area (Å²) in [6.45, 7) is 6.58. The molecule has 0 unspecified atom stereocenters. The summed E-state index contributed by atoms with van der Waals surface area (Å²) in [5, 5.41) is 11.5. The fourth-order valence-corrected chi connectivity index (χ4v) is 10.7. The molecule has 0 aliphatic rings. The third-order valence-electron chi connectivity index (χ3n) is 10.2. The largest absolute Gasteiger partial charge is 0.134 e. The topological polar surface area (TPSA) is 0 Å². The summed E-state index contributed by atoms with van der Waals surface area (Å²) in [5.74, 6) is 0.